The second-order valence-corrected chi connectivity index (χ2v) is 6.53. The Bertz CT molecular complexity index is 1130. The predicted molar refractivity (Wildman–Crippen MR) is 102 cm³/mol. The van der Waals surface area contributed by atoms with Crippen LogP contribution in [-0.4, -0.2) is 15.2 Å². The van der Waals surface area contributed by atoms with Crippen molar-refractivity contribution in [2.75, 3.05) is 0 Å². The zero-order chi connectivity index (χ0) is 16.6. The maximum Gasteiger partial charge on any atom is 0.182 e. The number of benzene rings is 3. The molecule has 0 amide bonds. The lowest BCUT2D eigenvalue weighted by atomic mass is 10.0. The van der Waals surface area contributed by atoms with Crippen molar-refractivity contribution in [3.05, 3.63) is 72.3 Å². The van der Waals surface area contributed by atoms with Crippen molar-refractivity contribution in [2.24, 2.45) is 0 Å². The summed E-state index contributed by atoms with van der Waals surface area (Å²) in [5, 5.41) is 11.1. The van der Waals surface area contributed by atoms with Gasteiger partial charge in [0.2, 0.25) is 0 Å². The summed E-state index contributed by atoms with van der Waals surface area (Å²) in [4.78, 5) is 4.77. The first-order valence-electron chi connectivity index (χ1n) is 8.70. The number of hydrogen-bond acceptors (Lipinski definition) is 3. The van der Waals surface area contributed by atoms with E-state index in [2.05, 4.69) is 58.7 Å². The second kappa shape index (κ2) is 5.78. The standard InChI is InChI=1S/C22H17N3/c1-2-7-15(6-1)16-10-5-11-19(12-16)22-23-20-13-17-8-3-4-9-18(17)14-21(20)24-25-22/h3-6,8-14H,1-2,7H2. The maximum absolute atomic E-state index is 4.77. The van der Waals surface area contributed by atoms with Crippen molar-refractivity contribution >= 4 is 27.4 Å². The van der Waals surface area contributed by atoms with Gasteiger partial charge in [0.15, 0.2) is 5.82 Å². The predicted octanol–water partition coefficient (Wildman–Crippen LogP) is 5.41. The zero-order valence-electron chi connectivity index (χ0n) is 13.8. The van der Waals surface area contributed by atoms with E-state index in [0.29, 0.717) is 5.82 Å². The molecule has 0 unspecified atom stereocenters. The topological polar surface area (TPSA) is 38.7 Å². The van der Waals surface area contributed by atoms with Crippen LogP contribution < -0.4 is 0 Å². The zero-order valence-corrected chi connectivity index (χ0v) is 13.8. The highest BCUT2D eigenvalue weighted by molar-refractivity contribution is 5.94. The van der Waals surface area contributed by atoms with Gasteiger partial charge in [-0.05, 0) is 59.4 Å². The van der Waals surface area contributed by atoms with Crippen LogP contribution in [0.1, 0.15) is 24.8 Å². The Labute approximate surface area is 146 Å². The van der Waals surface area contributed by atoms with E-state index in [1.165, 1.54) is 29.4 Å². The molecular weight excluding hydrogens is 306 g/mol. The summed E-state index contributed by atoms with van der Waals surface area (Å²) in [5.74, 6) is 0.684. The fraction of sp³-hybridized carbons (Fsp3) is 0.136. The SMILES string of the molecule is C1=C(c2cccc(-c3nnc4cc5ccccc5cc4n3)c2)CCC1. The summed E-state index contributed by atoms with van der Waals surface area (Å²) in [7, 11) is 0. The van der Waals surface area contributed by atoms with Crippen molar-refractivity contribution < 1.29 is 0 Å². The fourth-order valence-corrected chi connectivity index (χ4v) is 3.54. The molecule has 0 atom stereocenters. The highest BCUT2D eigenvalue weighted by Crippen LogP contribution is 2.30. The number of nitrogens with zero attached hydrogens (tertiary/aromatic N) is 3. The van der Waals surface area contributed by atoms with Gasteiger partial charge in [0.1, 0.15) is 5.52 Å². The van der Waals surface area contributed by atoms with E-state index < -0.39 is 0 Å². The van der Waals surface area contributed by atoms with Gasteiger partial charge in [0, 0.05) is 5.56 Å². The first kappa shape index (κ1) is 14.3. The highest BCUT2D eigenvalue weighted by atomic mass is 15.1. The maximum atomic E-state index is 4.77. The summed E-state index contributed by atoms with van der Waals surface area (Å²) >= 11 is 0. The lowest BCUT2D eigenvalue weighted by Crippen LogP contribution is -1.95. The molecule has 0 saturated heterocycles. The molecule has 0 N–H and O–H groups in total. The Hall–Kier alpha value is -3.07. The molecule has 0 fully saturated rings. The molecule has 0 radical (unpaired) electrons. The minimum absolute atomic E-state index is 0.684. The highest BCUT2D eigenvalue weighted by Gasteiger charge is 2.10. The molecule has 1 aromatic heterocycles. The smallest absolute Gasteiger partial charge is 0.182 e. The van der Waals surface area contributed by atoms with Crippen molar-refractivity contribution in [3.63, 3.8) is 0 Å². The molecule has 0 saturated carbocycles. The number of fused-ring (bicyclic) bond motifs is 2. The molecule has 1 heterocycles. The van der Waals surface area contributed by atoms with Gasteiger partial charge in [0.25, 0.3) is 0 Å². The molecule has 1 aliphatic carbocycles. The lowest BCUT2D eigenvalue weighted by molar-refractivity contribution is 0.935. The van der Waals surface area contributed by atoms with Crippen LogP contribution >= 0.6 is 0 Å². The normalized spacial score (nSPS) is 14.2. The average molecular weight is 323 g/mol. The molecular formula is C22H17N3. The van der Waals surface area contributed by atoms with Crippen molar-refractivity contribution in [2.45, 2.75) is 19.3 Å². The van der Waals surface area contributed by atoms with Gasteiger partial charge in [-0.1, -0.05) is 48.5 Å². The number of aromatic nitrogens is 3. The van der Waals surface area contributed by atoms with Crippen LogP contribution in [-0.2, 0) is 0 Å². The van der Waals surface area contributed by atoms with Crippen LogP contribution in [0.2, 0.25) is 0 Å². The Morgan fingerprint density at radius 2 is 1.52 bits per heavy atom. The third kappa shape index (κ3) is 2.58. The Morgan fingerprint density at radius 3 is 2.32 bits per heavy atom. The monoisotopic (exact) mass is 323 g/mol. The van der Waals surface area contributed by atoms with Gasteiger partial charge in [0.05, 0.1) is 5.52 Å². The molecule has 3 aromatic carbocycles. The average Bonchev–Trinajstić information content (AvgIpc) is 3.21. The van der Waals surface area contributed by atoms with E-state index >= 15 is 0 Å². The number of rotatable bonds is 2. The van der Waals surface area contributed by atoms with E-state index in [-0.39, 0.29) is 0 Å². The molecule has 1 aliphatic rings. The van der Waals surface area contributed by atoms with Gasteiger partial charge in [-0.25, -0.2) is 4.98 Å². The van der Waals surface area contributed by atoms with E-state index in [0.717, 1.165) is 28.4 Å². The van der Waals surface area contributed by atoms with Crippen molar-refractivity contribution in [1.82, 2.24) is 15.2 Å². The van der Waals surface area contributed by atoms with Crippen LogP contribution in [0, 0.1) is 0 Å². The minimum Gasteiger partial charge on any atom is -0.225 e. The molecule has 3 heteroatoms. The molecule has 0 spiro atoms. The van der Waals surface area contributed by atoms with Crippen LogP contribution in [0.5, 0.6) is 0 Å². The Kier molecular flexibility index (Phi) is 3.30. The first-order valence-corrected chi connectivity index (χ1v) is 8.70. The van der Waals surface area contributed by atoms with E-state index in [4.69, 9.17) is 4.98 Å². The molecule has 0 bridgehead atoms. The third-order valence-electron chi connectivity index (χ3n) is 4.85. The van der Waals surface area contributed by atoms with Crippen LogP contribution in [0.4, 0.5) is 0 Å². The van der Waals surface area contributed by atoms with E-state index in [1.54, 1.807) is 0 Å². The Balaban J connectivity index is 1.63. The third-order valence-corrected chi connectivity index (χ3v) is 4.85. The summed E-state index contributed by atoms with van der Waals surface area (Å²) in [5.41, 5.74) is 5.44. The van der Waals surface area contributed by atoms with Gasteiger partial charge >= 0.3 is 0 Å². The van der Waals surface area contributed by atoms with Crippen molar-refractivity contribution in [1.29, 1.82) is 0 Å². The van der Waals surface area contributed by atoms with E-state index in [9.17, 15) is 0 Å². The van der Waals surface area contributed by atoms with Crippen LogP contribution in [0.15, 0.2) is 66.7 Å². The van der Waals surface area contributed by atoms with Crippen LogP contribution in [0.25, 0.3) is 38.8 Å². The quantitative estimate of drug-likeness (QED) is 0.463. The largest absolute Gasteiger partial charge is 0.225 e. The second-order valence-electron chi connectivity index (χ2n) is 6.53. The van der Waals surface area contributed by atoms with E-state index in [1.807, 2.05) is 18.2 Å². The first-order chi connectivity index (χ1) is 12.4. The summed E-state index contributed by atoms with van der Waals surface area (Å²) in [6, 6.07) is 20.9. The Morgan fingerprint density at radius 1 is 0.720 bits per heavy atom. The molecule has 25 heavy (non-hydrogen) atoms. The summed E-state index contributed by atoms with van der Waals surface area (Å²) < 4.78 is 0. The van der Waals surface area contributed by atoms with Gasteiger partial charge in [-0.2, -0.15) is 0 Å². The summed E-state index contributed by atoms with van der Waals surface area (Å²) in [6.07, 6.45) is 5.93. The molecule has 4 aromatic rings. The molecule has 120 valence electrons. The van der Waals surface area contributed by atoms with Gasteiger partial charge in [-0.15, -0.1) is 10.2 Å². The van der Waals surface area contributed by atoms with Crippen LogP contribution in [0.3, 0.4) is 0 Å². The minimum atomic E-state index is 0.684. The number of allylic oxidation sites excluding steroid dienone is 2. The fourth-order valence-electron chi connectivity index (χ4n) is 3.54. The molecule has 3 nitrogen and oxygen atoms in total. The molecule has 0 aliphatic heterocycles. The van der Waals surface area contributed by atoms with Gasteiger partial charge in [-0.3, -0.25) is 0 Å². The summed E-state index contributed by atoms with van der Waals surface area (Å²) in [6.45, 7) is 0. The molecule has 5 rings (SSSR count). The lowest BCUT2D eigenvalue weighted by Gasteiger charge is -2.06. The number of hydrogen-bond donors (Lipinski definition) is 0. The van der Waals surface area contributed by atoms with Crippen molar-refractivity contribution in [3.8, 4) is 11.4 Å². The van der Waals surface area contributed by atoms with Gasteiger partial charge < -0.3 is 0 Å².